The molecule has 1 heterocycles. The van der Waals surface area contributed by atoms with Gasteiger partial charge < -0.3 is 0 Å². The standard InChI is InChI=1S/C22H17BrN2O3S2/c1-30(27,28)18-10-11-19-20(13-18)29-22(24-19)25(14-15-6-3-2-4-7-15)21(26)16-8-5-9-17(23)12-16/h2-13H,14H2,1H3. The van der Waals surface area contributed by atoms with Crippen LogP contribution in [0.2, 0.25) is 0 Å². The van der Waals surface area contributed by atoms with Crippen molar-refractivity contribution in [1.29, 1.82) is 0 Å². The first kappa shape index (κ1) is 20.7. The fourth-order valence-corrected chi connectivity index (χ4v) is 5.13. The van der Waals surface area contributed by atoms with Crippen LogP contribution in [0.25, 0.3) is 10.2 Å². The van der Waals surface area contributed by atoms with Gasteiger partial charge in [-0.15, -0.1) is 0 Å². The highest BCUT2D eigenvalue weighted by atomic mass is 79.9. The lowest BCUT2D eigenvalue weighted by atomic mass is 10.1. The Balaban J connectivity index is 1.79. The summed E-state index contributed by atoms with van der Waals surface area (Å²) in [5.74, 6) is -0.178. The Morgan fingerprint density at radius 2 is 1.80 bits per heavy atom. The summed E-state index contributed by atoms with van der Waals surface area (Å²) in [6.07, 6.45) is 1.18. The van der Waals surface area contributed by atoms with Crippen LogP contribution < -0.4 is 4.90 Å². The van der Waals surface area contributed by atoms with Gasteiger partial charge in [-0.25, -0.2) is 13.4 Å². The number of hydrogen-bond donors (Lipinski definition) is 0. The molecular weight excluding hydrogens is 484 g/mol. The van der Waals surface area contributed by atoms with Crippen molar-refractivity contribution in [2.75, 3.05) is 11.2 Å². The van der Waals surface area contributed by atoms with Crippen molar-refractivity contribution in [2.45, 2.75) is 11.4 Å². The third-order valence-electron chi connectivity index (χ3n) is 4.51. The number of nitrogens with zero attached hydrogens (tertiary/aromatic N) is 2. The van der Waals surface area contributed by atoms with E-state index in [0.29, 0.717) is 27.5 Å². The molecule has 0 saturated heterocycles. The first-order valence-electron chi connectivity index (χ1n) is 9.03. The largest absolute Gasteiger partial charge is 0.279 e. The molecule has 4 rings (SSSR count). The van der Waals surface area contributed by atoms with Gasteiger partial charge >= 0.3 is 0 Å². The number of hydrogen-bond acceptors (Lipinski definition) is 5. The molecule has 0 spiro atoms. The lowest BCUT2D eigenvalue weighted by Crippen LogP contribution is -2.30. The molecule has 0 aliphatic carbocycles. The van der Waals surface area contributed by atoms with Gasteiger partial charge in [-0.05, 0) is 42.0 Å². The minimum absolute atomic E-state index is 0.178. The number of carbonyl (C=O) groups is 1. The Morgan fingerprint density at radius 3 is 2.50 bits per heavy atom. The van der Waals surface area contributed by atoms with E-state index in [1.807, 2.05) is 42.5 Å². The van der Waals surface area contributed by atoms with E-state index < -0.39 is 9.84 Å². The molecule has 0 bridgehead atoms. The van der Waals surface area contributed by atoms with E-state index in [2.05, 4.69) is 20.9 Å². The zero-order valence-corrected chi connectivity index (χ0v) is 19.2. The van der Waals surface area contributed by atoms with Gasteiger partial charge in [0.25, 0.3) is 5.91 Å². The number of carbonyl (C=O) groups excluding carboxylic acids is 1. The molecule has 0 N–H and O–H groups in total. The zero-order chi connectivity index (χ0) is 21.3. The van der Waals surface area contributed by atoms with Crippen LogP contribution in [0.4, 0.5) is 5.13 Å². The lowest BCUT2D eigenvalue weighted by molar-refractivity contribution is 0.0985. The molecule has 0 saturated carbocycles. The number of halogens is 1. The van der Waals surface area contributed by atoms with Gasteiger partial charge in [0.15, 0.2) is 15.0 Å². The van der Waals surface area contributed by atoms with Crippen LogP contribution in [0.15, 0.2) is 82.2 Å². The fraction of sp³-hybridized carbons (Fsp3) is 0.0909. The number of aromatic nitrogens is 1. The number of thiazole rings is 1. The number of anilines is 1. The molecule has 0 atom stereocenters. The Labute approximate surface area is 187 Å². The maximum Gasteiger partial charge on any atom is 0.260 e. The summed E-state index contributed by atoms with van der Waals surface area (Å²) in [4.78, 5) is 19.9. The fourth-order valence-electron chi connectivity index (χ4n) is 3.01. The first-order valence-corrected chi connectivity index (χ1v) is 12.5. The van der Waals surface area contributed by atoms with Crippen LogP contribution >= 0.6 is 27.3 Å². The van der Waals surface area contributed by atoms with E-state index >= 15 is 0 Å². The third kappa shape index (κ3) is 4.45. The molecule has 5 nitrogen and oxygen atoms in total. The molecule has 0 aliphatic heterocycles. The number of fused-ring (bicyclic) bond motifs is 1. The van der Waals surface area contributed by atoms with Gasteiger partial charge in [0.1, 0.15) is 0 Å². The van der Waals surface area contributed by atoms with Crippen molar-refractivity contribution in [3.8, 4) is 0 Å². The average molecular weight is 501 g/mol. The van der Waals surface area contributed by atoms with Gasteiger partial charge in [-0.3, -0.25) is 9.69 Å². The van der Waals surface area contributed by atoms with Crippen LogP contribution in [0.1, 0.15) is 15.9 Å². The number of benzene rings is 3. The van der Waals surface area contributed by atoms with Crippen molar-refractivity contribution >= 4 is 58.4 Å². The minimum Gasteiger partial charge on any atom is -0.279 e. The summed E-state index contributed by atoms with van der Waals surface area (Å²) in [7, 11) is -3.32. The monoisotopic (exact) mass is 500 g/mol. The molecule has 0 aliphatic rings. The van der Waals surface area contributed by atoms with Crippen molar-refractivity contribution in [3.63, 3.8) is 0 Å². The number of sulfone groups is 1. The minimum atomic E-state index is -3.32. The van der Waals surface area contributed by atoms with Crippen molar-refractivity contribution in [1.82, 2.24) is 4.98 Å². The molecular formula is C22H17BrN2O3S2. The van der Waals surface area contributed by atoms with E-state index in [4.69, 9.17) is 0 Å². The molecule has 8 heteroatoms. The summed E-state index contributed by atoms with van der Waals surface area (Å²) < 4.78 is 25.3. The number of amides is 1. The highest BCUT2D eigenvalue weighted by Crippen LogP contribution is 2.32. The van der Waals surface area contributed by atoms with Gasteiger partial charge in [-0.1, -0.05) is 63.7 Å². The van der Waals surface area contributed by atoms with Gasteiger partial charge in [0, 0.05) is 16.3 Å². The lowest BCUT2D eigenvalue weighted by Gasteiger charge is -2.20. The highest BCUT2D eigenvalue weighted by Gasteiger charge is 2.22. The van der Waals surface area contributed by atoms with E-state index in [0.717, 1.165) is 10.0 Å². The maximum absolute atomic E-state index is 13.4. The van der Waals surface area contributed by atoms with E-state index in [1.165, 1.54) is 17.6 Å². The average Bonchev–Trinajstić information content (AvgIpc) is 3.14. The molecule has 0 radical (unpaired) electrons. The van der Waals surface area contributed by atoms with Crippen LogP contribution in [0.5, 0.6) is 0 Å². The summed E-state index contributed by atoms with van der Waals surface area (Å²) in [6, 6.07) is 21.7. The van der Waals surface area contributed by atoms with Crippen molar-refractivity contribution in [2.24, 2.45) is 0 Å². The molecule has 152 valence electrons. The maximum atomic E-state index is 13.4. The second kappa shape index (κ2) is 8.29. The van der Waals surface area contributed by atoms with Crippen LogP contribution in [0.3, 0.4) is 0 Å². The van der Waals surface area contributed by atoms with E-state index in [1.54, 1.807) is 35.2 Å². The van der Waals surface area contributed by atoms with E-state index in [-0.39, 0.29) is 10.8 Å². The summed E-state index contributed by atoms with van der Waals surface area (Å²) in [6.45, 7) is 0.352. The van der Waals surface area contributed by atoms with Gasteiger partial charge in [-0.2, -0.15) is 0 Å². The Kier molecular flexibility index (Phi) is 5.73. The SMILES string of the molecule is CS(=O)(=O)c1ccc2nc(N(Cc3ccccc3)C(=O)c3cccc(Br)c3)sc2c1. The summed E-state index contributed by atoms with van der Waals surface area (Å²) in [5, 5.41) is 0.518. The second-order valence-electron chi connectivity index (χ2n) is 6.79. The van der Waals surface area contributed by atoms with E-state index in [9.17, 15) is 13.2 Å². The van der Waals surface area contributed by atoms with Crippen LogP contribution in [-0.2, 0) is 16.4 Å². The Hall–Kier alpha value is -2.55. The predicted molar refractivity (Wildman–Crippen MR) is 124 cm³/mol. The van der Waals surface area contributed by atoms with Crippen molar-refractivity contribution in [3.05, 3.63) is 88.4 Å². The molecule has 30 heavy (non-hydrogen) atoms. The molecule has 0 unspecified atom stereocenters. The normalized spacial score (nSPS) is 11.5. The highest BCUT2D eigenvalue weighted by molar-refractivity contribution is 9.10. The van der Waals surface area contributed by atoms with Gasteiger partial charge in [0.2, 0.25) is 0 Å². The topological polar surface area (TPSA) is 67.3 Å². The van der Waals surface area contributed by atoms with Gasteiger partial charge in [0.05, 0.1) is 21.7 Å². The quantitative estimate of drug-likeness (QED) is 0.372. The zero-order valence-electron chi connectivity index (χ0n) is 15.9. The molecule has 1 amide bonds. The Bertz CT molecular complexity index is 1340. The number of rotatable bonds is 5. The first-order chi connectivity index (χ1) is 14.3. The second-order valence-corrected chi connectivity index (χ2v) is 10.7. The molecule has 1 aromatic heterocycles. The Morgan fingerprint density at radius 1 is 1.03 bits per heavy atom. The predicted octanol–water partition coefficient (Wildman–Crippen LogP) is 5.31. The smallest absolute Gasteiger partial charge is 0.260 e. The summed E-state index contributed by atoms with van der Waals surface area (Å²) >= 11 is 4.72. The summed E-state index contributed by atoms with van der Waals surface area (Å²) in [5.41, 5.74) is 2.16. The third-order valence-corrected chi connectivity index (χ3v) is 7.15. The molecule has 4 aromatic rings. The van der Waals surface area contributed by atoms with Crippen molar-refractivity contribution < 1.29 is 13.2 Å². The molecule has 0 fully saturated rings. The molecule has 3 aromatic carbocycles. The van der Waals surface area contributed by atoms with Crippen LogP contribution in [0, 0.1) is 0 Å². The van der Waals surface area contributed by atoms with Crippen LogP contribution in [-0.4, -0.2) is 25.6 Å².